The van der Waals surface area contributed by atoms with Crippen LogP contribution in [0.1, 0.15) is 12.0 Å². The van der Waals surface area contributed by atoms with Gasteiger partial charge in [0.1, 0.15) is 5.75 Å². The Bertz CT molecular complexity index is 372. The lowest BCUT2D eigenvalue weighted by Crippen LogP contribution is -2.43. The van der Waals surface area contributed by atoms with Gasteiger partial charge in [0.15, 0.2) is 0 Å². The van der Waals surface area contributed by atoms with Crippen LogP contribution in [0.2, 0.25) is 0 Å². The number of rotatable bonds is 1. The molecule has 16 heavy (non-hydrogen) atoms. The Morgan fingerprint density at radius 1 is 1.19 bits per heavy atom. The summed E-state index contributed by atoms with van der Waals surface area (Å²) in [7, 11) is 0. The highest BCUT2D eigenvalue weighted by molar-refractivity contribution is 5.54. The minimum Gasteiger partial charge on any atom is -0.493 e. The average Bonchev–Trinajstić information content (AvgIpc) is 2.39. The van der Waals surface area contributed by atoms with Crippen LogP contribution in [-0.2, 0) is 6.42 Å². The van der Waals surface area contributed by atoms with Crippen molar-refractivity contribution in [1.29, 1.82) is 0 Å². The molecule has 2 heterocycles. The molecule has 1 aromatic carbocycles. The second-order valence-electron chi connectivity index (χ2n) is 4.48. The molecular formula is C13H18N2O. The van der Waals surface area contributed by atoms with Gasteiger partial charge < -0.3 is 15.0 Å². The highest BCUT2D eigenvalue weighted by Crippen LogP contribution is 2.29. The van der Waals surface area contributed by atoms with Crippen molar-refractivity contribution in [3.05, 3.63) is 23.8 Å². The van der Waals surface area contributed by atoms with E-state index in [9.17, 15) is 0 Å². The molecule has 0 aromatic heterocycles. The van der Waals surface area contributed by atoms with E-state index < -0.39 is 0 Å². The van der Waals surface area contributed by atoms with Gasteiger partial charge in [-0.3, -0.25) is 0 Å². The van der Waals surface area contributed by atoms with E-state index in [0.29, 0.717) is 0 Å². The van der Waals surface area contributed by atoms with Crippen LogP contribution in [0.15, 0.2) is 18.2 Å². The summed E-state index contributed by atoms with van der Waals surface area (Å²) in [4.78, 5) is 2.43. The summed E-state index contributed by atoms with van der Waals surface area (Å²) < 4.78 is 5.71. The van der Waals surface area contributed by atoms with Crippen molar-refractivity contribution in [3.8, 4) is 5.75 Å². The molecule has 3 nitrogen and oxygen atoms in total. The number of fused-ring (bicyclic) bond motifs is 1. The predicted octanol–water partition coefficient (Wildman–Crippen LogP) is 1.42. The van der Waals surface area contributed by atoms with Crippen LogP contribution in [0.25, 0.3) is 0 Å². The number of aryl methyl sites for hydroxylation is 1. The summed E-state index contributed by atoms with van der Waals surface area (Å²) in [6.45, 7) is 5.23. The van der Waals surface area contributed by atoms with Crippen molar-refractivity contribution in [1.82, 2.24) is 5.32 Å². The third kappa shape index (κ3) is 1.87. The summed E-state index contributed by atoms with van der Waals surface area (Å²) in [5.74, 6) is 1.10. The molecule has 86 valence electrons. The lowest BCUT2D eigenvalue weighted by molar-refractivity contribution is 0.288. The van der Waals surface area contributed by atoms with E-state index in [1.54, 1.807) is 0 Å². The molecule has 1 saturated heterocycles. The van der Waals surface area contributed by atoms with Crippen LogP contribution in [0.5, 0.6) is 5.75 Å². The monoisotopic (exact) mass is 218 g/mol. The molecule has 0 bridgehead atoms. The summed E-state index contributed by atoms with van der Waals surface area (Å²) in [5, 5.41) is 3.37. The normalized spacial score (nSPS) is 20.1. The van der Waals surface area contributed by atoms with Crippen molar-refractivity contribution in [2.45, 2.75) is 12.8 Å². The van der Waals surface area contributed by atoms with Gasteiger partial charge in [-0.15, -0.1) is 0 Å². The average molecular weight is 218 g/mol. The van der Waals surface area contributed by atoms with Crippen molar-refractivity contribution < 1.29 is 4.74 Å². The van der Waals surface area contributed by atoms with Crippen LogP contribution < -0.4 is 15.0 Å². The summed E-state index contributed by atoms with van der Waals surface area (Å²) in [6, 6.07) is 6.67. The number of ether oxygens (including phenoxy) is 1. The zero-order valence-corrected chi connectivity index (χ0v) is 9.54. The first-order valence-electron chi connectivity index (χ1n) is 6.15. The first-order chi connectivity index (χ1) is 7.93. The Kier molecular flexibility index (Phi) is 2.70. The van der Waals surface area contributed by atoms with Crippen LogP contribution in [0.4, 0.5) is 5.69 Å². The van der Waals surface area contributed by atoms with Gasteiger partial charge in [0.05, 0.1) is 6.61 Å². The lowest BCUT2D eigenvalue weighted by atomic mass is 10.1. The maximum atomic E-state index is 5.71. The molecule has 0 radical (unpaired) electrons. The second-order valence-corrected chi connectivity index (χ2v) is 4.48. The fraction of sp³-hybridized carbons (Fsp3) is 0.538. The molecule has 3 heteroatoms. The van der Waals surface area contributed by atoms with E-state index in [-0.39, 0.29) is 0 Å². The summed E-state index contributed by atoms with van der Waals surface area (Å²) in [6.07, 6.45) is 2.32. The molecule has 0 amide bonds. The second kappa shape index (κ2) is 4.34. The number of nitrogens with one attached hydrogen (secondary N) is 1. The largest absolute Gasteiger partial charge is 0.493 e. The van der Waals surface area contributed by atoms with Crippen molar-refractivity contribution in [2.24, 2.45) is 0 Å². The predicted molar refractivity (Wildman–Crippen MR) is 65.3 cm³/mol. The van der Waals surface area contributed by atoms with Gasteiger partial charge in [-0.1, -0.05) is 6.07 Å². The van der Waals surface area contributed by atoms with Gasteiger partial charge in [-0.25, -0.2) is 0 Å². The number of benzene rings is 1. The quantitative estimate of drug-likeness (QED) is 0.771. The van der Waals surface area contributed by atoms with Crippen LogP contribution in [-0.4, -0.2) is 32.8 Å². The highest BCUT2D eigenvalue weighted by atomic mass is 16.5. The molecule has 2 aliphatic heterocycles. The van der Waals surface area contributed by atoms with Crippen molar-refractivity contribution >= 4 is 5.69 Å². The number of piperazine rings is 1. The van der Waals surface area contributed by atoms with E-state index in [1.807, 2.05) is 0 Å². The molecule has 0 aliphatic carbocycles. The third-order valence-electron chi connectivity index (χ3n) is 3.38. The molecule has 0 unspecified atom stereocenters. The molecule has 0 spiro atoms. The SMILES string of the molecule is c1cc2c(cc1N1CCNCC1)OCCC2. The Morgan fingerprint density at radius 3 is 2.94 bits per heavy atom. The Labute approximate surface area is 96.4 Å². The topological polar surface area (TPSA) is 24.5 Å². The van der Waals surface area contributed by atoms with E-state index in [0.717, 1.165) is 51.4 Å². The van der Waals surface area contributed by atoms with Crippen LogP contribution in [0, 0.1) is 0 Å². The molecule has 0 atom stereocenters. The fourth-order valence-corrected chi connectivity index (χ4v) is 2.45. The standard InChI is InChI=1S/C13H18N2O/c1-2-11-3-4-12(10-13(11)16-9-1)15-7-5-14-6-8-15/h3-4,10,14H,1-2,5-9H2. The minimum atomic E-state index is 0.873. The van der Waals surface area contributed by atoms with Gasteiger partial charge in [-0.05, 0) is 24.5 Å². The minimum absolute atomic E-state index is 0.873. The van der Waals surface area contributed by atoms with Crippen LogP contribution in [0.3, 0.4) is 0 Å². The maximum absolute atomic E-state index is 5.71. The van der Waals surface area contributed by atoms with Gasteiger partial charge in [0.2, 0.25) is 0 Å². The van der Waals surface area contributed by atoms with Gasteiger partial charge in [-0.2, -0.15) is 0 Å². The van der Waals surface area contributed by atoms with E-state index in [4.69, 9.17) is 4.74 Å². The fourth-order valence-electron chi connectivity index (χ4n) is 2.45. The summed E-state index contributed by atoms with van der Waals surface area (Å²) in [5.41, 5.74) is 2.67. The highest BCUT2D eigenvalue weighted by Gasteiger charge is 2.14. The van der Waals surface area contributed by atoms with Crippen molar-refractivity contribution in [2.75, 3.05) is 37.7 Å². The molecule has 1 aromatic rings. The Hall–Kier alpha value is -1.22. The molecule has 1 N–H and O–H groups in total. The number of nitrogens with zero attached hydrogens (tertiary/aromatic N) is 1. The number of hydrogen-bond donors (Lipinski definition) is 1. The third-order valence-corrected chi connectivity index (χ3v) is 3.38. The zero-order chi connectivity index (χ0) is 10.8. The first-order valence-corrected chi connectivity index (χ1v) is 6.15. The van der Waals surface area contributed by atoms with Crippen LogP contribution >= 0.6 is 0 Å². The van der Waals surface area contributed by atoms with Gasteiger partial charge >= 0.3 is 0 Å². The van der Waals surface area contributed by atoms with Crippen molar-refractivity contribution in [3.63, 3.8) is 0 Å². The molecule has 1 fully saturated rings. The first kappa shape index (κ1) is 9.97. The van der Waals surface area contributed by atoms with Gasteiger partial charge in [0, 0.05) is 37.9 Å². The van der Waals surface area contributed by atoms with E-state index >= 15 is 0 Å². The molecule has 2 aliphatic rings. The zero-order valence-electron chi connectivity index (χ0n) is 9.54. The molecule has 0 saturated carbocycles. The number of anilines is 1. The number of hydrogen-bond acceptors (Lipinski definition) is 3. The Morgan fingerprint density at radius 2 is 2.06 bits per heavy atom. The van der Waals surface area contributed by atoms with Gasteiger partial charge in [0.25, 0.3) is 0 Å². The lowest BCUT2D eigenvalue weighted by Gasteiger charge is -2.30. The molecule has 3 rings (SSSR count). The van der Waals surface area contributed by atoms with E-state index in [1.165, 1.54) is 11.3 Å². The summed E-state index contributed by atoms with van der Waals surface area (Å²) >= 11 is 0. The molecular weight excluding hydrogens is 200 g/mol. The smallest absolute Gasteiger partial charge is 0.124 e. The Balaban J connectivity index is 1.84. The van der Waals surface area contributed by atoms with E-state index in [2.05, 4.69) is 28.4 Å². The maximum Gasteiger partial charge on any atom is 0.124 e.